The molecule has 144 valence electrons. The first-order valence-electron chi connectivity index (χ1n) is 9.87. The van der Waals surface area contributed by atoms with E-state index in [0.29, 0.717) is 6.04 Å². The number of amides is 2. The van der Waals surface area contributed by atoms with E-state index in [9.17, 15) is 9.59 Å². The number of aryl methyl sites for hydroxylation is 2. The van der Waals surface area contributed by atoms with Crippen LogP contribution in [-0.4, -0.2) is 30.4 Å². The first-order valence-corrected chi connectivity index (χ1v) is 9.87. The van der Waals surface area contributed by atoms with Gasteiger partial charge in [-0.2, -0.15) is 0 Å². The second kappa shape index (κ2) is 10.3. The van der Waals surface area contributed by atoms with Crippen LogP contribution in [-0.2, 0) is 9.59 Å². The second-order valence-electron chi connectivity index (χ2n) is 7.46. The SMILES string of the molecule is Cc1cccc(C)c1NC(=O)CNC(=O)[C@H](C)NC1CCCCCCC1. The minimum atomic E-state index is -0.285. The van der Waals surface area contributed by atoms with E-state index in [2.05, 4.69) is 16.0 Å². The summed E-state index contributed by atoms with van der Waals surface area (Å²) in [6.45, 7) is 5.78. The van der Waals surface area contributed by atoms with Gasteiger partial charge in [0.25, 0.3) is 0 Å². The van der Waals surface area contributed by atoms with E-state index in [4.69, 9.17) is 0 Å². The molecule has 1 aliphatic rings. The third-order valence-corrected chi connectivity index (χ3v) is 5.15. The Hall–Kier alpha value is -1.88. The van der Waals surface area contributed by atoms with Crippen molar-refractivity contribution >= 4 is 17.5 Å². The van der Waals surface area contributed by atoms with Crippen molar-refractivity contribution in [1.82, 2.24) is 10.6 Å². The van der Waals surface area contributed by atoms with E-state index in [-0.39, 0.29) is 24.4 Å². The van der Waals surface area contributed by atoms with E-state index in [1.54, 1.807) is 0 Å². The van der Waals surface area contributed by atoms with Crippen LogP contribution >= 0.6 is 0 Å². The Labute approximate surface area is 157 Å². The Kier molecular flexibility index (Phi) is 8.10. The average molecular weight is 360 g/mol. The van der Waals surface area contributed by atoms with Crippen LogP contribution in [0.3, 0.4) is 0 Å². The Morgan fingerprint density at radius 3 is 2.23 bits per heavy atom. The van der Waals surface area contributed by atoms with E-state index < -0.39 is 0 Å². The Balaban J connectivity index is 1.76. The summed E-state index contributed by atoms with van der Waals surface area (Å²) in [5.74, 6) is -0.322. The summed E-state index contributed by atoms with van der Waals surface area (Å²) in [4.78, 5) is 24.5. The Morgan fingerprint density at radius 2 is 1.62 bits per heavy atom. The third kappa shape index (κ3) is 6.45. The molecule has 0 aliphatic heterocycles. The summed E-state index contributed by atoms with van der Waals surface area (Å²) in [7, 11) is 0. The van der Waals surface area contributed by atoms with Gasteiger partial charge in [-0.25, -0.2) is 0 Å². The van der Waals surface area contributed by atoms with E-state index in [1.165, 1.54) is 32.1 Å². The number of para-hydroxylation sites is 1. The number of carbonyl (C=O) groups excluding carboxylic acids is 2. The standard InChI is InChI=1S/C21H33N3O2/c1-15-10-9-11-16(2)20(15)24-19(25)14-22-21(26)17(3)23-18-12-7-5-4-6-8-13-18/h9-11,17-18,23H,4-8,12-14H2,1-3H3,(H,22,26)(H,24,25)/t17-/m0/s1. The number of hydrogen-bond donors (Lipinski definition) is 3. The highest BCUT2D eigenvalue weighted by Gasteiger charge is 2.19. The normalized spacial score (nSPS) is 17.0. The fraction of sp³-hybridized carbons (Fsp3) is 0.619. The zero-order valence-electron chi connectivity index (χ0n) is 16.4. The van der Waals surface area contributed by atoms with Gasteiger partial charge in [0, 0.05) is 11.7 Å². The van der Waals surface area contributed by atoms with Crippen molar-refractivity contribution in [3.05, 3.63) is 29.3 Å². The van der Waals surface area contributed by atoms with Crippen molar-refractivity contribution < 1.29 is 9.59 Å². The molecule has 1 saturated carbocycles. The van der Waals surface area contributed by atoms with Crippen LogP contribution in [0.25, 0.3) is 0 Å². The van der Waals surface area contributed by atoms with Gasteiger partial charge in [0.1, 0.15) is 0 Å². The lowest BCUT2D eigenvalue weighted by Crippen LogP contribution is -2.48. The van der Waals surface area contributed by atoms with Gasteiger partial charge in [0.2, 0.25) is 11.8 Å². The lowest BCUT2D eigenvalue weighted by Gasteiger charge is -2.24. The molecule has 2 rings (SSSR count). The van der Waals surface area contributed by atoms with Gasteiger partial charge in [-0.1, -0.05) is 50.3 Å². The smallest absolute Gasteiger partial charge is 0.243 e. The summed E-state index contributed by atoms with van der Waals surface area (Å²) < 4.78 is 0. The molecule has 2 amide bonds. The fourth-order valence-corrected chi connectivity index (χ4v) is 3.57. The minimum absolute atomic E-state index is 0.0106. The predicted molar refractivity (Wildman–Crippen MR) is 106 cm³/mol. The fourth-order valence-electron chi connectivity index (χ4n) is 3.57. The largest absolute Gasteiger partial charge is 0.346 e. The maximum atomic E-state index is 12.3. The number of benzene rings is 1. The molecule has 26 heavy (non-hydrogen) atoms. The summed E-state index contributed by atoms with van der Waals surface area (Å²) >= 11 is 0. The molecule has 1 atom stereocenters. The molecule has 1 fully saturated rings. The molecule has 0 aromatic heterocycles. The number of nitrogens with one attached hydrogen (secondary N) is 3. The van der Waals surface area contributed by atoms with Crippen LogP contribution in [0.2, 0.25) is 0 Å². The van der Waals surface area contributed by atoms with Crippen molar-refractivity contribution in [2.24, 2.45) is 0 Å². The van der Waals surface area contributed by atoms with Crippen molar-refractivity contribution in [3.8, 4) is 0 Å². The van der Waals surface area contributed by atoms with Gasteiger partial charge in [-0.05, 0) is 44.7 Å². The van der Waals surface area contributed by atoms with Gasteiger partial charge in [0.05, 0.1) is 12.6 Å². The average Bonchev–Trinajstić information content (AvgIpc) is 2.58. The highest BCUT2D eigenvalue weighted by atomic mass is 16.2. The van der Waals surface area contributed by atoms with Crippen LogP contribution in [0.1, 0.15) is 63.0 Å². The molecule has 1 aliphatic carbocycles. The highest BCUT2D eigenvalue weighted by Crippen LogP contribution is 2.19. The first-order chi connectivity index (χ1) is 12.5. The van der Waals surface area contributed by atoms with E-state index >= 15 is 0 Å². The summed E-state index contributed by atoms with van der Waals surface area (Å²) in [5.41, 5.74) is 2.86. The molecule has 1 aromatic carbocycles. The zero-order valence-corrected chi connectivity index (χ0v) is 16.4. The van der Waals surface area contributed by atoms with Gasteiger partial charge in [0.15, 0.2) is 0 Å². The van der Waals surface area contributed by atoms with Crippen LogP contribution in [0.5, 0.6) is 0 Å². The maximum absolute atomic E-state index is 12.3. The lowest BCUT2D eigenvalue weighted by molar-refractivity contribution is -0.125. The number of anilines is 1. The first kappa shape index (κ1) is 20.4. The van der Waals surface area contributed by atoms with Gasteiger partial charge >= 0.3 is 0 Å². The Bertz CT molecular complexity index is 587. The quantitative estimate of drug-likeness (QED) is 0.728. The molecular weight excluding hydrogens is 326 g/mol. The van der Waals surface area contributed by atoms with Crippen molar-refractivity contribution in [2.45, 2.75) is 77.8 Å². The van der Waals surface area contributed by atoms with Crippen molar-refractivity contribution in [3.63, 3.8) is 0 Å². The molecule has 1 aromatic rings. The molecule has 5 nitrogen and oxygen atoms in total. The summed E-state index contributed by atoms with van der Waals surface area (Å²) in [6.07, 6.45) is 8.62. The molecule has 0 spiro atoms. The molecule has 0 radical (unpaired) electrons. The third-order valence-electron chi connectivity index (χ3n) is 5.15. The van der Waals surface area contributed by atoms with Crippen LogP contribution in [0.15, 0.2) is 18.2 Å². The van der Waals surface area contributed by atoms with Crippen LogP contribution in [0, 0.1) is 13.8 Å². The topological polar surface area (TPSA) is 70.2 Å². The number of carbonyl (C=O) groups is 2. The molecule has 3 N–H and O–H groups in total. The second-order valence-corrected chi connectivity index (χ2v) is 7.46. The molecular formula is C21H33N3O2. The molecule has 0 saturated heterocycles. The number of rotatable bonds is 6. The monoisotopic (exact) mass is 359 g/mol. The van der Waals surface area contributed by atoms with E-state index in [1.807, 2.05) is 39.0 Å². The summed E-state index contributed by atoms with van der Waals surface area (Å²) in [5, 5.41) is 9.08. The zero-order chi connectivity index (χ0) is 18.9. The molecule has 5 heteroatoms. The minimum Gasteiger partial charge on any atom is -0.346 e. The van der Waals surface area contributed by atoms with Crippen LogP contribution < -0.4 is 16.0 Å². The highest BCUT2D eigenvalue weighted by molar-refractivity contribution is 5.96. The van der Waals surface area contributed by atoms with Crippen LogP contribution in [0.4, 0.5) is 5.69 Å². The number of hydrogen-bond acceptors (Lipinski definition) is 3. The van der Waals surface area contributed by atoms with Crippen molar-refractivity contribution in [2.75, 3.05) is 11.9 Å². The maximum Gasteiger partial charge on any atom is 0.243 e. The predicted octanol–water partition coefficient (Wildman–Crippen LogP) is 3.45. The van der Waals surface area contributed by atoms with Gasteiger partial charge < -0.3 is 16.0 Å². The van der Waals surface area contributed by atoms with Crippen molar-refractivity contribution in [1.29, 1.82) is 0 Å². The molecule has 0 heterocycles. The van der Waals surface area contributed by atoms with Gasteiger partial charge in [-0.3, -0.25) is 9.59 Å². The summed E-state index contributed by atoms with van der Waals surface area (Å²) in [6, 6.07) is 6.00. The lowest BCUT2D eigenvalue weighted by atomic mass is 9.96. The van der Waals surface area contributed by atoms with Gasteiger partial charge in [-0.15, -0.1) is 0 Å². The molecule has 0 bridgehead atoms. The molecule has 0 unspecified atom stereocenters. The Morgan fingerprint density at radius 1 is 1.04 bits per heavy atom. The van der Waals surface area contributed by atoms with E-state index in [0.717, 1.165) is 29.7 Å².